The Hall–Kier alpha value is -3.45. The number of hydrogen-bond donors (Lipinski definition) is 2. The number of benzene rings is 2. The first-order valence-corrected chi connectivity index (χ1v) is 9.38. The van der Waals surface area contributed by atoms with Gasteiger partial charge in [0.2, 0.25) is 11.8 Å². The summed E-state index contributed by atoms with van der Waals surface area (Å²) in [4.78, 5) is 25.7. The monoisotopic (exact) mass is 391 g/mol. The summed E-state index contributed by atoms with van der Waals surface area (Å²) < 4.78 is 1.71. The zero-order valence-corrected chi connectivity index (χ0v) is 16.8. The number of rotatable bonds is 7. The van der Waals surface area contributed by atoms with Crippen molar-refractivity contribution in [3.05, 3.63) is 66.2 Å². The van der Waals surface area contributed by atoms with Crippen LogP contribution in [0, 0.1) is 6.92 Å². The second-order valence-corrected chi connectivity index (χ2v) is 6.92. The van der Waals surface area contributed by atoms with E-state index in [0.717, 1.165) is 16.9 Å². The van der Waals surface area contributed by atoms with Crippen LogP contribution in [0.5, 0.6) is 0 Å². The fourth-order valence-corrected chi connectivity index (χ4v) is 2.91. The predicted molar refractivity (Wildman–Crippen MR) is 114 cm³/mol. The number of carbonyl (C=O) groups is 2. The van der Waals surface area contributed by atoms with Gasteiger partial charge < -0.3 is 10.6 Å². The van der Waals surface area contributed by atoms with Gasteiger partial charge in [0.25, 0.3) is 0 Å². The second kappa shape index (κ2) is 9.16. The molecule has 0 bridgehead atoms. The fourth-order valence-electron chi connectivity index (χ4n) is 2.91. The lowest BCUT2D eigenvalue weighted by Crippen LogP contribution is -2.37. The number of aryl methyl sites for hydroxylation is 1. The number of likely N-dealkylation sites (N-methyl/N-ethyl adjacent to an activating group) is 2. The van der Waals surface area contributed by atoms with Gasteiger partial charge in [0.05, 0.1) is 24.5 Å². The lowest BCUT2D eigenvalue weighted by atomic mass is 10.1. The van der Waals surface area contributed by atoms with Gasteiger partial charge in [-0.15, -0.1) is 0 Å². The molecule has 1 aromatic heterocycles. The van der Waals surface area contributed by atoms with Gasteiger partial charge in [-0.05, 0) is 26.1 Å². The average molecular weight is 391 g/mol. The largest absolute Gasteiger partial charge is 0.358 e. The van der Waals surface area contributed by atoms with E-state index < -0.39 is 0 Å². The molecule has 7 heteroatoms. The molecule has 0 unspecified atom stereocenters. The van der Waals surface area contributed by atoms with Crippen LogP contribution in [0.3, 0.4) is 0 Å². The molecular weight excluding hydrogens is 366 g/mol. The maximum absolute atomic E-state index is 12.5. The number of amides is 2. The van der Waals surface area contributed by atoms with Gasteiger partial charge in [0.15, 0.2) is 0 Å². The van der Waals surface area contributed by atoms with Gasteiger partial charge in [-0.25, -0.2) is 4.68 Å². The van der Waals surface area contributed by atoms with Gasteiger partial charge in [-0.2, -0.15) is 5.10 Å². The van der Waals surface area contributed by atoms with Crippen LogP contribution in [-0.2, 0) is 9.59 Å². The zero-order chi connectivity index (χ0) is 20.8. The molecule has 0 aliphatic rings. The van der Waals surface area contributed by atoms with E-state index >= 15 is 0 Å². The highest BCUT2D eigenvalue weighted by Gasteiger charge is 2.15. The van der Waals surface area contributed by atoms with Crippen molar-refractivity contribution in [3.8, 4) is 16.9 Å². The number of carbonyl (C=O) groups excluding carboxylic acids is 2. The summed E-state index contributed by atoms with van der Waals surface area (Å²) in [5.74, 6) is 0.213. The standard InChI is InChI=1S/C22H25N5O2/c1-16-9-11-17(12-10-16)19-13-20(27(25-19)18-7-5-4-6-8-18)24-22(29)15-26(3)14-21(28)23-2/h4-13H,14-15H2,1-3H3,(H,23,28)(H,24,29). The first-order chi connectivity index (χ1) is 14.0. The number of aromatic nitrogens is 2. The van der Waals surface area contributed by atoms with Crippen molar-refractivity contribution in [3.63, 3.8) is 0 Å². The smallest absolute Gasteiger partial charge is 0.239 e. The van der Waals surface area contributed by atoms with Crippen LogP contribution >= 0.6 is 0 Å². The highest BCUT2D eigenvalue weighted by molar-refractivity contribution is 5.92. The van der Waals surface area contributed by atoms with Gasteiger partial charge >= 0.3 is 0 Å². The van der Waals surface area contributed by atoms with E-state index in [9.17, 15) is 9.59 Å². The van der Waals surface area contributed by atoms with Gasteiger partial charge in [0, 0.05) is 18.7 Å². The maximum atomic E-state index is 12.5. The third kappa shape index (κ3) is 5.30. The van der Waals surface area contributed by atoms with Crippen LogP contribution in [0.15, 0.2) is 60.7 Å². The minimum Gasteiger partial charge on any atom is -0.358 e. The Morgan fingerprint density at radius 1 is 1.00 bits per heavy atom. The first-order valence-electron chi connectivity index (χ1n) is 9.38. The zero-order valence-electron chi connectivity index (χ0n) is 16.8. The Balaban J connectivity index is 1.85. The summed E-state index contributed by atoms with van der Waals surface area (Å²) in [7, 11) is 3.29. The number of nitrogens with one attached hydrogen (secondary N) is 2. The Kier molecular flexibility index (Phi) is 6.41. The lowest BCUT2D eigenvalue weighted by Gasteiger charge is -2.15. The third-order valence-corrected chi connectivity index (χ3v) is 4.43. The first kappa shape index (κ1) is 20.3. The Labute approximate surface area is 170 Å². The molecule has 0 saturated heterocycles. The molecular formula is C22H25N5O2. The van der Waals surface area contributed by atoms with Crippen molar-refractivity contribution in [2.24, 2.45) is 0 Å². The number of hydrogen-bond acceptors (Lipinski definition) is 4. The SMILES string of the molecule is CNC(=O)CN(C)CC(=O)Nc1cc(-c2ccc(C)cc2)nn1-c1ccccc1. The third-order valence-electron chi connectivity index (χ3n) is 4.43. The number of anilines is 1. The number of nitrogens with zero attached hydrogens (tertiary/aromatic N) is 3. The van der Waals surface area contributed by atoms with Crippen molar-refractivity contribution in [2.75, 3.05) is 32.5 Å². The molecule has 2 aromatic carbocycles. The molecule has 2 amide bonds. The molecule has 0 radical (unpaired) electrons. The quantitative estimate of drug-likeness (QED) is 0.649. The van der Waals surface area contributed by atoms with Crippen molar-refractivity contribution >= 4 is 17.6 Å². The topological polar surface area (TPSA) is 79.3 Å². The summed E-state index contributed by atoms with van der Waals surface area (Å²) in [6.45, 7) is 2.27. The molecule has 3 aromatic rings. The van der Waals surface area contributed by atoms with Crippen LogP contribution in [-0.4, -0.2) is 53.7 Å². The predicted octanol–water partition coefficient (Wildman–Crippen LogP) is 2.46. The van der Waals surface area contributed by atoms with Crippen LogP contribution < -0.4 is 10.6 Å². The number of para-hydroxylation sites is 1. The molecule has 0 aliphatic carbocycles. The van der Waals surface area contributed by atoms with Crippen molar-refractivity contribution < 1.29 is 9.59 Å². The van der Waals surface area contributed by atoms with Gasteiger partial charge in [-0.3, -0.25) is 14.5 Å². The second-order valence-electron chi connectivity index (χ2n) is 6.92. The summed E-state index contributed by atoms with van der Waals surface area (Å²) in [6, 6.07) is 19.6. The molecule has 150 valence electrons. The lowest BCUT2D eigenvalue weighted by molar-refractivity contribution is -0.122. The average Bonchev–Trinajstić information content (AvgIpc) is 3.12. The fraction of sp³-hybridized carbons (Fsp3) is 0.227. The molecule has 7 nitrogen and oxygen atoms in total. The molecule has 1 heterocycles. The highest BCUT2D eigenvalue weighted by atomic mass is 16.2. The summed E-state index contributed by atoms with van der Waals surface area (Å²) >= 11 is 0. The molecule has 0 atom stereocenters. The van der Waals surface area contributed by atoms with Crippen LogP contribution in [0.2, 0.25) is 0 Å². The summed E-state index contributed by atoms with van der Waals surface area (Å²) in [5, 5.41) is 10.2. The van der Waals surface area contributed by atoms with Crippen LogP contribution in [0.4, 0.5) is 5.82 Å². The van der Waals surface area contributed by atoms with Crippen LogP contribution in [0.25, 0.3) is 16.9 Å². The maximum Gasteiger partial charge on any atom is 0.239 e. The Morgan fingerprint density at radius 3 is 2.31 bits per heavy atom. The van der Waals surface area contributed by atoms with Gasteiger partial charge in [-0.1, -0.05) is 48.0 Å². The molecule has 29 heavy (non-hydrogen) atoms. The summed E-state index contributed by atoms with van der Waals surface area (Å²) in [6.07, 6.45) is 0. The van der Waals surface area contributed by atoms with Crippen LogP contribution in [0.1, 0.15) is 5.56 Å². The van der Waals surface area contributed by atoms with Crippen molar-refractivity contribution in [2.45, 2.75) is 6.92 Å². The molecule has 0 saturated carbocycles. The van der Waals surface area contributed by atoms with Crippen molar-refractivity contribution in [1.29, 1.82) is 0 Å². The summed E-state index contributed by atoms with van der Waals surface area (Å²) in [5.41, 5.74) is 3.75. The molecule has 2 N–H and O–H groups in total. The molecule has 0 spiro atoms. The van der Waals surface area contributed by atoms with E-state index in [1.807, 2.05) is 67.6 Å². The normalized spacial score (nSPS) is 10.8. The minimum absolute atomic E-state index is 0.0905. The van der Waals surface area contributed by atoms with E-state index in [0.29, 0.717) is 5.82 Å². The Bertz CT molecular complexity index is 980. The van der Waals surface area contributed by atoms with Gasteiger partial charge in [0.1, 0.15) is 5.82 Å². The molecule has 3 rings (SSSR count). The van der Waals surface area contributed by atoms with E-state index in [-0.39, 0.29) is 24.9 Å². The molecule has 0 fully saturated rings. The molecule has 0 aliphatic heterocycles. The van der Waals surface area contributed by atoms with E-state index in [1.165, 1.54) is 5.56 Å². The van der Waals surface area contributed by atoms with E-state index in [4.69, 9.17) is 5.10 Å². The van der Waals surface area contributed by atoms with E-state index in [1.54, 1.807) is 23.7 Å². The minimum atomic E-state index is -0.219. The highest BCUT2D eigenvalue weighted by Crippen LogP contribution is 2.25. The Morgan fingerprint density at radius 2 is 1.66 bits per heavy atom. The van der Waals surface area contributed by atoms with E-state index in [2.05, 4.69) is 10.6 Å². The van der Waals surface area contributed by atoms with Crippen molar-refractivity contribution in [1.82, 2.24) is 20.0 Å².